The van der Waals surface area contributed by atoms with Crippen molar-refractivity contribution in [3.05, 3.63) is 130 Å². The van der Waals surface area contributed by atoms with Crippen molar-refractivity contribution in [1.82, 2.24) is 10.2 Å². The third-order valence-corrected chi connectivity index (χ3v) is 9.80. The van der Waals surface area contributed by atoms with E-state index in [4.69, 9.17) is 11.6 Å². The summed E-state index contributed by atoms with van der Waals surface area (Å²) in [5.41, 5.74) is 0.610. The molecule has 0 aliphatic carbocycles. The quantitative estimate of drug-likeness (QED) is 0.159. The van der Waals surface area contributed by atoms with Gasteiger partial charge in [-0.15, -0.1) is 0 Å². The summed E-state index contributed by atoms with van der Waals surface area (Å²) in [4.78, 5) is 29.5. The van der Waals surface area contributed by atoms with Gasteiger partial charge in [-0.25, -0.2) is 8.42 Å². The Labute approximate surface area is 284 Å². The van der Waals surface area contributed by atoms with Gasteiger partial charge in [0.2, 0.25) is 11.8 Å². The van der Waals surface area contributed by atoms with Crippen molar-refractivity contribution >= 4 is 39.1 Å². The van der Waals surface area contributed by atoms with Crippen LogP contribution in [0, 0.1) is 12.8 Å². The van der Waals surface area contributed by atoms with Crippen LogP contribution >= 0.6 is 11.6 Å². The predicted molar refractivity (Wildman–Crippen MR) is 181 cm³/mol. The Morgan fingerprint density at radius 2 is 1.48 bits per heavy atom. The minimum absolute atomic E-state index is 0.0757. The zero-order valence-corrected chi connectivity index (χ0v) is 28.3. The fourth-order valence-corrected chi connectivity index (χ4v) is 6.78. The first-order chi connectivity index (χ1) is 22.7. The van der Waals surface area contributed by atoms with Crippen molar-refractivity contribution in [2.75, 3.05) is 17.4 Å². The minimum Gasteiger partial charge on any atom is -0.354 e. The van der Waals surface area contributed by atoms with Crippen molar-refractivity contribution < 1.29 is 31.2 Å². The van der Waals surface area contributed by atoms with Gasteiger partial charge in [0.1, 0.15) is 12.6 Å². The largest absolute Gasteiger partial charge is 0.416 e. The smallest absolute Gasteiger partial charge is 0.354 e. The lowest BCUT2D eigenvalue weighted by molar-refractivity contribution is -0.140. The van der Waals surface area contributed by atoms with Gasteiger partial charge in [-0.05, 0) is 59.9 Å². The molecular formula is C36H37ClF3N3O4S. The standard InChI is InChI=1S/C36H37ClF3N3O4S/c1-25(2)22-41-35(45)33(20-27-13-6-4-7-14-27)42(23-28-15-11-10-12-26(28)3)34(44)24-43(48(46,47)30-16-8-5-9-17-30)32-21-29(36(38,39)40)18-19-31(32)37/h4-19,21,25,33H,20,22-24H2,1-3H3,(H,41,45)/t33-/m0/s1. The number of rotatable bonds is 13. The second kappa shape index (κ2) is 15.7. The summed E-state index contributed by atoms with van der Waals surface area (Å²) in [6.45, 7) is 5.00. The van der Waals surface area contributed by atoms with E-state index in [-0.39, 0.29) is 28.8 Å². The summed E-state index contributed by atoms with van der Waals surface area (Å²) in [5.74, 6) is -1.17. The van der Waals surface area contributed by atoms with E-state index >= 15 is 0 Å². The fourth-order valence-electron chi connectivity index (χ4n) is 5.06. The fraction of sp³-hybridized carbons (Fsp3) is 0.278. The highest BCUT2D eigenvalue weighted by Gasteiger charge is 2.37. The van der Waals surface area contributed by atoms with Crippen LogP contribution in [0.3, 0.4) is 0 Å². The van der Waals surface area contributed by atoms with Crippen molar-refractivity contribution in [2.45, 2.75) is 50.9 Å². The molecule has 12 heteroatoms. The van der Waals surface area contributed by atoms with Crippen molar-refractivity contribution in [3.8, 4) is 0 Å². The first kappa shape index (κ1) is 36.5. The summed E-state index contributed by atoms with van der Waals surface area (Å²) >= 11 is 6.38. The van der Waals surface area contributed by atoms with Crippen LogP contribution in [-0.4, -0.2) is 44.3 Å². The molecule has 2 amide bonds. The second-order valence-corrected chi connectivity index (χ2v) is 14.1. The van der Waals surface area contributed by atoms with Crippen LogP contribution in [0.2, 0.25) is 5.02 Å². The first-order valence-electron chi connectivity index (χ1n) is 15.3. The normalized spacial score (nSPS) is 12.4. The average molecular weight is 700 g/mol. The zero-order chi connectivity index (χ0) is 35.1. The van der Waals surface area contributed by atoms with Gasteiger partial charge in [-0.2, -0.15) is 13.2 Å². The van der Waals surface area contributed by atoms with Gasteiger partial charge in [0.25, 0.3) is 10.0 Å². The number of nitrogens with one attached hydrogen (secondary N) is 1. The molecule has 0 fully saturated rings. The molecule has 0 bridgehead atoms. The van der Waals surface area contributed by atoms with E-state index in [0.29, 0.717) is 22.5 Å². The summed E-state index contributed by atoms with van der Waals surface area (Å²) in [6, 6.07) is 24.5. The maximum absolute atomic E-state index is 14.6. The lowest BCUT2D eigenvalue weighted by atomic mass is 10.0. The van der Waals surface area contributed by atoms with Gasteiger partial charge in [-0.3, -0.25) is 13.9 Å². The van der Waals surface area contributed by atoms with E-state index in [1.807, 2.05) is 51.1 Å². The topological polar surface area (TPSA) is 86.8 Å². The Balaban J connectivity index is 1.87. The summed E-state index contributed by atoms with van der Waals surface area (Å²) in [5, 5.41) is 2.59. The minimum atomic E-state index is -4.82. The average Bonchev–Trinajstić information content (AvgIpc) is 3.05. The first-order valence-corrected chi connectivity index (χ1v) is 17.1. The number of carbonyl (C=O) groups excluding carboxylic acids is 2. The van der Waals surface area contributed by atoms with E-state index in [1.54, 1.807) is 30.3 Å². The van der Waals surface area contributed by atoms with E-state index in [0.717, 1.165) is 23.3 Å². The lowest BCUT2D eigenvalue weighted by Crippen LogP contribution is -2.53. The lowest BCUT2D eigenvalue weighted by Gasteiger charge is -2.34. The molecule has 0 aliphatic heterocycles. The molecule has 4 aromatic rings. The van der Waals surface area contributed by atoms with Gasteiger partial charge in [0.15, 0.2) is 0 Å². The van der Waals surface area contributed by atoms with Gasteiger partial charge in [-0.1, -0.05) is 98.2 Å². The van der Waals surface area contributed by atoms with E-state index < -0.39 is 51.9 Å². The molecule has 0 saturated heterocycles. The van der Waals surface area contributed by atoms with Crippen LogP contribution in [0.1, 0.15) is 36.1 Å². The molecular weight excluding hydrogens is 663 g/mol. The van der Waals surface area contributed by atoms with Crippen LogP contribution in [0.15, 0.2) is 108 Å². The molecule has 0 spiro atoms. The van der Waals surface area contributed by atoms with Gasteiger partial charge in [0.05, 0.1) is 21.2 Å². The van der Waals surface area contributed by atoms with Gasteiger partial charge >= 0.3 is 6.18 Å². The van der Waals surface area contributed by atoms with E-state index in [2.05, 4.69) is 5.32 Å². The number of amides is 2. The molecule has 0 aliphatic rings. The van der Waals surface area contributed by atoms with Crippen LogP contribution in [0.25, 0.3) is 0 Å². The van der Waals surface area contributed by atoms with Crippen molar-refractivity contribution in [3.63, 3.8) is 0 Å². The Morgan fingerprint density at radius 3 is 2.08 bits per heavy atom. The van der Waals surface area contributed by atoms with Crippen LogP contribution in [0.4, 0.5) is 18.9 Å². The molecule has 7 nitrogen and oxygen atoms in total. The molecule has 0 aromatic heterocycles. The Bertz CT molecular complexity index is 1820. The summed E-state index contributed by atoms with van der Waals surface area (Å²) < 4.78 is 70.4. The van der Waals surface area contributed by atoms with Gasteiger partial charge < -0.3 is 10.2 Å². The molecule has 48 heavy (non-hydrogen) atoms. The number of nitrogens with zero attached hydrogens (tertiary/aromatic N) is 2. The predicted octanol–water partition coefficient (Wildman–Crippen LogP) is 7.27. The van der Waals surface area contributed by atoms with E-state index in [1.165, 1.54) is 29.2 Å². The van der Waals surface area contributed by atoms with Crippen LogP contribution < -0.4 is 9.62 Å². The zero-order valence-electron chi connectivity index (χ0n) is 26.7. The highest BCUT2D eigenvalue weighted by molar-refractivity contribution is 7.92. The molecule has 1 atom stereocenters. The SMILES string of the molecule is Cc1ccccc1CN(C(=O)CN(c1cc(C(F)(F)F)ccc1Cl)S(=O)(=O)c1ccccc1)[C@@H](Cc1ccccc1)C(=O)NCC(C)C. The third-order valence-electron chi connectivity index (χ3n) is 7.71. The maximum atomic E-state index is 14.6. The summed E-state index contributed by atoms with van der Waals surface area (Å²) in [6.07, 6.45) is -4.73. The number of hydrogen-bond acceptors (Lipinski definition) is 4. The molecule has 1 N–H and O–H groups in total. The second-order valence-electron chi connectivity index (χ2n) is 11.8. The molecule has 0 unspecified atom stereocenters. The third kappa shape index (κ3) is 9.17. The number of halogens is 4. The summed E-state index contributed by atoms with van der Waals surface area (Å²) in [7, 11) is -4.64. The van der Waals surface area contributed by atoms with Crippen molar-refractivity contribution in [1.29, 1.82) is 0 Å². The Hall–Kier alpha value is -4.35. The molecule has 0 heterocycles. The van der Waals surface area contributed by atoms with Crippen LogP contribution in [-0.2, 0) is 38.8 Å². The highest BCUT2D eigenvalue weighted by atomic mass is 35.5. The van der Waals surface area contributed by atoms with Gasteiger partial charge in [0, 0.05) is 19.5 Å². The molecule has 4 aromatic carbocycles. The Morgan fingerprint density at radius 1 is 0.875 bits per heavy atom. The Kier molecular flexibility index (Phi) is 11.9. The monoisotopic (exact) mass is 699 g/mol. The highest BCUT2D eigenvalue weighted by Crippen LogP contribution is 2.37. The number of aryl methyl sites for hydroxylation is 1. The molecule has 0 radical (unpaired) electrons. The molecule has 4 rings (SSSR count). The maximum Gasteiger partial charge on any atom is 0.416 e. The van der Waals surface area contributed by atoms with Crippen LogP contribution in [0.5, 0.6) is 0 Å². The number of carbonyl (C=O) groups is 2. The number of anilines is 1. The number of alkyl halides is 3. The number of benzene rings is 4. The van der Waals surface area contributed by atoms with Crippen molar-refractivity contribution in [2.24, 2.45) is 5.92 Å². The van der Waals surface area contributed by atoms with E-state index in [9.17, 15) is 31.2 Å². The number of sulfonamides is 1. The number of hydrogen-bond donors (Lipinski definition) is 1. The molecule has 254 valence electrons. The molecule has 0 saturated carbocycles.